The summed E-state index contributed by atoms with van der Waals surface area (Å²) in [4.78, 5) is 2.56. The molecule has 1 rings (SSSR count). The number of rotatable bonds is 1. The molecule has 1 heterocycles. The van der Waals surface area contributed by atoms with Gasteiger partial charge < -0.3 is 10.6 Å². The van der Waals surface area contributed by atoms with E-state index in [0.29, 0.717) is 6.04 Å². The fourth-order valence-corrected chi connectivity index (χ4v) is 1.43. The first-order valence-corrected chi connectivity index (χ1v) is 5.53. The second-order valence-corrected chi connectivity index (χ2v) is 4.43. The predicted molar refractivity (Wildman–Crippen MR) is 59.9 cm³/mol. The van der Waals surface area contributed by atoms with E-state index >= 15 is 0 Å². The van der Waals surface area contributed by atoms with Gasteiger partial charge in [0.1, 0.15) is 0 Å². The van der Waals surface area contributed by atoms with E-state index < -0.39 is 0 Å². The smallest absolute Gasteiger partial charge is 0.00385 e. The topological polar surface area (TPSA) is 29.3 Å². The van der Waals surface area contributed by atoms with Crippen LogP contribution in [0.15, 0.2) is 0 Å². The first kappa shape index (κ1) is 12.9. The third-order valence-electron chi connectivity index (χ3n) is 2.12. The van der Waals surface area contributed by atoms with Gasteiger partial charge >= 0.3 is 0 Å². The molecule has 0 radical (unpaired) electrons. The van der Waals surface area contributed by atoms with E-state index in [1.807, 2.05) is 13.8 Å². The fraction of sp³-hybridized carbons (Fsp3) is 1.00. The van der Waals surface area contributed by atoms with Crippen molar-refractivity contribution in [3.05, 3.63) is 0 Å². The molecule has 2 heteroatoms. The van der Waals surface area contributed by atoms with Crippen molar-refractivity contribution < 1.29 is 0 Å². The van der Waals surface area contributed by atoms with E-state index in [2.05, 4.69) is 18.7 Å². The second-order valence-electron chi connectivity index (χ2n) is 4.43. The highest BCUT2D eigenvalue weighted by Crippen LogP contribution is 2.10. The first-order chi connectivity index (χ1) is 6.04. The average Bonchev–Trinajstić information content (AvgIpc) is 2.05. The highest BCUT2D eigenvalue weighted by atomic mass is 15.1. The highest BCUT2D eigenvalue weighted by molar-refractivity contribution is 4.67. The minimum Gasteiger partial charge on any atom is -0.328 e. The Hall–Kier alpha value is -0.0800. The maximum atomic E-state index is 5.11. The molecule has 1 saturated heterocycles. The van der Waals surface area contributed by atoms with Crippen molar-refractivity contribution in [3.63, 3.8) is 0 Å². The zero-order chi connectivity index (χ0) is 10.3. The molecule has 2 nitrogen and oxygen atoms in total. The van der Waals surface area contributed by atoms with Crippen molar-refractivity contribution in [1.29, 1.82) is 0 Å². The SMILES string of the molecule is CC(C)N.CC(C)N1CCCCC1. The summed E-state index contributed by atoms with van der Waals surface area (Å²) in [6.07, 6.45) is 4.28. The summed E-state index contributed by atoms with van der Waals surface area (Å²) in [7, 11) is 0. The summed E-state index contributed by atoms with van der Waals surface area (Å²) in [6.45, 7) is 11.1. The molecule has 0 aromatic carbocycles. The Kier molecular flexibility index (Phi) is 7.29. The molecular formula is C11H26N2. The van der Waals surface area contributed by atoms with Crippen LogP contribution in [0.4, 0.5) is 0 Å². The van der Waals surface area contributed by atoms with E-state index in [9.17, 15) is 0 Å². The van der Waals surface area contributed by atoms with Crippen molar-refractivity contribution in [3.8, 4) is 0 Å². The number of likely N-dealkylation sites (tertiary alicyclic amines) is 1. The summed E-state index contributed by atoms with van der Waals surface area (Å²) in [5.41, 5.74) is 5.11. The molecule has 2 N–H and O–H groups in total. The van der Waals surface area contributed by atoms with Gasteiger partial charge in [-0.05, 0) is 45.8 Å². The van der Waals surface area contributed by atoms with Gasteiger partial charge in [-0.3, -0.25) is 0 Å². The van der Waals surface area contributed by atoms with Gasteiger partial charge in [0.25, 0.3) is 0 Å². The van der Waals surface area contributed by atoms with Crippen LogP contribution < -0.4 is 5.73 Å². The van der Waals surface area contributed by atoms with E-state index in [4.69, 9.17) is 5.73 Å². The number of nitrogens with zero attached hydrogens (tertiary/aromatic N) is 1. The van der Waals surface area contributed by atoms with Crippen LogP contribution in [0.3, 0.4) is 0 Å². The Morgan fingerprint density at radius 2 is 1.31 bits per heavy atom. The number of hydrogen-bond acceptors (Lipinski definition) is 2. The molecule has 13 heavy (non-hydrogen) atoms. The van der Waals surface area contributed by atoms with Gasteiger partial charge in [0, 0.05) is 6.04 Å². The lowest BCUT2D eigenvalue weighted by molar-refractivity contribution is 0.185. The van der Waals surface area contributed by atoms with Crippen molar-refractivity contribution in [2.24, 2.45) is 5.73 Å². The molecule has 1 aliphatic heterocycles. The average molecular weight is 186 g/mol. The lowest BCUT2D eigenvalue weighted by atomic mass is 10.1. The Labute approximate surface area is 83.5 Å². The van der Waals surface area contributed by atoms with E-state index in [1.165, 1.54) is 32.4 Å². The molecular weight excluding hydrogens is 160 g/mol. The maximum Gasteiger partial charge on any atom is 0.00385 e. The highest BCUT2D eigenvalue weighted by Gasteiger charge is 2.11. The van der Waals surface area contributed by atoms with Gasteiger partial charge in [-0.2, -0.15) is 0 Å². The second kappa shape index (κ2) is 7.34. The quantitative estimate of drug-likeness (QED) is 0.680. The van der Waals surface area contributed by atoms with Crippen LogP contribution >= 0.6 is 0 Å². The molecule has 0 bridgehead atoms. The summed E-state index contributed by atoms with van der Waals surface area (Å²) in [5, 5.41) is 0. The molecule has 80 valence electrons. The van der Waals surface area contributed by atoms with Crippen LogP contribution in [0.1, 0.15) is 47.0 Å². The molecule has 0 saturated carbocycles. The summed E-state index contributed by atoms with van der Waals surface area (Å²) in [5.74, 6) is 0. The van der Waals surface area contributed by atoms with Crippen molar-refractivity contribution in [2.75, 3.05) is 13.1 Å². The van der Waals surface area contributed by atoms with Gasteiger partial charge in [0.2, 0.25) is 0 Å². The number of hydrogen-bond donors (Lipinski definition) is 1. The monoisotopic (exact) mass is 186 g/mol. The Morgan fingerprint density at radius 1 is 0.923 bits per heavy atom. The normalized spacial score (nSPS) is 18.7. The van der Waals surface area contributed by atoms with Gasteiger partial charge in [0.15, 0.2) is 0 Å². The summed E-state index contributed by atoms with van der Waals surface area (Å²) >= 11 is 0. The molecule has 0 aromatic heterocycles. The van der Waals surface area contributed by atoms with Crippen LogP contribution in [0, 0.1) is 0 Å². The zero-order valence-electron chi connectivity index (χ0n) is 9.71. The zero-order valence-corrected chi connectivity index (χ0v) is 9.71. The molecule has 0 atom stereocenters. The molecule has 0 spiro atoms. The third-order valence-corrected chi connectivity index (χ3v) is 2.12. The predicted octanol–water partition coefficient (Wildman–Crippen LogP) is 2.23. The fourth-order valence-electron chi connectivity index (χ4n) is 1.43. The van der Waals surface area contributed by atoms with E-state index in [-0.39, 0.29) is 0 Å². The van der Waals surface area contributed by atoms with Crippen LogP contribution in [0.5, 0.6) is 0 Å². The van der Waals surface area contributed by atoms with Crippen LogP contribution in [0.25, 0.3) is 0 Å². The molecule has 0 amide bonds. The van der Waals surface area contributed by atoms with Crippen molar-refractivity contribution in [1.82, 2.24) is 4.90 Å². The van der Waals surface area contributed by atoms with Gasteiger partial charge in [0.05, 0.1) is 0 Å². The number of nitrogens with two attached hydrogens (primary N) is 1. The van der Waals surface area contributed by atoms with E-state index in [1.54, 1.807) is 0 Å². The van der Waals surface area contributed by atoms with Crippen LogP contribution in [-0.2, 0) is 0 Å². The lowest BCUT2D eigenvalue weighted by Crippen LogP contribution is -2.35. The largest absolute Gasteiger partial charge is 0.328 e. The van der Waals surface area contributed by atoms with Gasteiger partial charge in [-0.15, -0.1) is 0 Å². The Morgan fingerprint density at radius 3 is 1.54 bits per heavy atom. The maximum absolute atomic E-state index is 5.11. The van der Waals surface area contributed by atoms with Crippen molar-refractivity contribution in [2.45, 2.75) is 59.0 Å². The minimum absolute atomic E-state index is 0.333. The summed E-state index contributed by atoms with van der Waals surface area (Å²) in [6, 6.07) is 1.10. The molecule has 0 aromatic rings. The number of piperidine rings is 1. The van der Waals surface area contributed by atoms with Gasteiger partial charge in [-0.1, -0.05) is 20.3 Å². The molecule has 1 aliphatic rings. The van der Waals surface area contributed by atoms with Crippen molar-refractivity contribution >= 4 is 0 Å². The molecule has 1 fully saturated rings. The third kappa shape index (κ3) is 8.26. The Bertz CT molecular complexity index is 102. The molecule has 0 aliphatic carbocycles. The van der Waals surface area contributed by atoms with E-state index in [0.717, 1.165) is 6.04 Å². The molecule has 0 unspecified atom stereocenters. The summed E-state index contributed by atoms with van der Waals surface area (Å²) < 4.78 is 0. The standard InChI is InChI=1S/C8H17N.C3H9N/c1-8(2)9-6-4-3-5-7-9;1-3(2)4/h8H,3-7H2,1-2H3;3H,4H2,1-2H3. The van der Waals surface area contributed by atoms with Gasteiger partial charge in [-0.25, -0.2) is 0 Å². The van der Waals surface area contributed by atoms with Crippen LogP contribution in [-0.4, -0.2) is 30.1 Å². The van der Waals surface area contributed by atoms with Crippen LogP contribution in [0.2, 0.25) is 0 Å². The lowest BCUT2D eigenvalue weighted by Gasteiger charge is -2.29. The Balaban J connectivity index is 0.000000310. The minimum atomic E-state index is 0.333. The first-order valence-electron chi connectivity index (χ1n) is 5.53.